The molecule has 1 heterocycles. The molecule has 2 aromatic rings. The highest BCUT2D eigenvalue weighted by Gasteiger charge is 2.19. The van der Waals surface area contributed by atoms with Crippen LogP contribution in [0.25, 0.3) is 0 Å². The van der Waals surface area contributed by atoms with Crippen molar-refractivity contribution >= 4 is 27.6 Å². The molecule has 0 amide bonds. The van der Waals surface area contributed by atoms with E-state index in [-0.39, 0.29) is 18.0 Å². The van der Waals surface area contributed by atoms with Crippen molar-refractivity contribution < 1.29 is 23.9 Å². The van der Waals surface area contributed by atoms with E-state index in [9.17, 15) is 14.9 Å². The second kappa shape index (κ2) is 7.35. The zero-order valence-corrected chi connectivity index (χ0v) is 14.8. The highest BCUT2D eigenvalue weighted by atomic mass is 79.9. The van der Waals surface area contributed by atoms with Crippen molar-refractivity contribution in [2.75, 3.05) is 14.2 Å². The first kappa shape index (κ1) is 17.8. The fourth-order valence-corrected chi connectivity index (χ4v) is 2.51. The molecule has 0 saturated heterocycles. The van der Waals surface area contributed by atoms with Gasteiger partial charge in [0.2, 0.25) is 0 Å². The van der Waals surface area contributed by atoms with E-state index in [1.54, 1.807) is 12.1 Å². The summed E-state index contributed by atoms with van der Waals surface area (Å²) in [6.45, 7) is -0.0290. The molecule has 0 aliphatic carbocycles. The molecular formula is C15H15BrN2O6. The number of halogens is 1. The van der Waals surface area contributed by atoms with E-state index in [4.69, 9.17) is 14.2 Å². The summed E-state index contributed by atoms with van der Waals surface area (Å²) in [4.78, 5) is 22.3. The Kier molecular flexibility index (Phi) is 5.45. The zero-order valence-electron chi connectivity index (χ0n) is 13.2. The van der Waals surface area contributed by atoms with E-state index in [2.05, 4.69) is 15.9 Å². The molecule has 0 atom stereocenters. The number of hydrogen-bond acceptors (Lipinski definition) is 6. The van der Waals surface area contributed by atoms with Crippen LogP contribution in [0.1, 0.15) is 16.1 Å². The van der Waals surface area contributed by atoms with Crippen molar-refractivity contribution in [3.05, 3.63) is 50.2 Å². The molecule has 0 N–H and O–H groups in total. The smallest absolute Gasteiger partial charge is 0.355 e. The third-order valence-corrected chi connectivity index (χ3v) is 4.06. The van der Waals surface area contributed by atoms with Gasteiger partial charge in [0, 0.05) is 23.2 Å². The number of ether oxygens (including phenoxy) is 3. The van der Waals surface area contributed by atoms with E-state index in [1.165, 1.54) is 38.1 Å². The minimum absolute atomic E-state index is 0.0290. The summed E-state index contributed by atoms with van der Waals surface area (Å²) in [5.41, 5.74) is 0.597. The molecule has 0 saturated carbocycles. The number of hydrogen-bond donors (Lipinski definition) is 0. The number of benzene rings is 1. The molecule has 24 heavy (non-hydrogen) atoms. The van der Waals surface area contributed by atoms with Crippen LogP contribution in [-0.4, -0.2) is 29.7 Å². The van der Waals surface area contributed by atoms with Gasteiger partial charge >= 0.3 is 5.97 Å². The second-order valence-corrected chi connectivity index (χ2v) is 5.68. The predicted octanol–water partition coefficient (Wildman–Crippen LogP) is 3.07. The SMILES string of the molecule is COc1cc(Br)c(COC(=O)c2cc([N+](=O)[O-])cn2C)cc1OC. The topological polar surface area (TPSA) is 92.8 Å². The lowest BCUT2D eigenvalue weighted by Gasteiger charge is -2.12. The molecule has 0 aliphatic heterocycles. The van der Waals surface area contributed by atoms with Crippen LogP contribution in [-0.2, 0) is 18.4 Å². The first-order chi connectivity index (χ1) is 11.4. The Balaban J connectivity index is 2.16. The highest BCUT2D eigenvalue weighted by molar-refractivity contribution is 9.10. The Morgan fingerprint density at radius 3 is 2.42 bits per heavy atom. The number of esters is 1. The van der Waals surface area contributed by atoms with E-state index in [0.29, 0.717) is 21.5 Å². The number of rotatable bonds is 6. The van der Waals surface area contributed by atoms with Crippen LogP contribution in [0.2, 0.25) is 0 Å². The third kappa shape index (κ3) is 3.67. The molecule has 2 rings (SSSR count). The number of methoxy groups -OCH3 is 2. The lowest BCUT2D eigenvalue weighted by atomic mass is 10.2. The lowest BCUT2D eigenvalue weighted by molar-refractivity contribution is -0.384. The summed E-state index contributed by atoms with van der Waals surface area (Å²) < 4.78 is 17.7. The fourth-order valence-electron chi connectivity index (χ4n) is 2.07. The summed E-state index contributed by atoms with van der Waals surface area (Å²) in [5, 5.41) is 10.8. The zero-order chi connectivity index (χ0) is 17.9. The third-order valence-electron chi connectivity index (χ3n) is 3.32. The van der Waals surface area contributed by atoms with Gasteiger partial charge in [-0.3, -0.25) is 10.1 Å². The number of carbonyl (C=O) groups is 1. The van der Waals surface area contributed by atoms with Gasteiger partial charge in [0.15, 0.2) is 11.5 Å². The predicted molar refractivity (Wildman–Crippen MR) is 88.4 cm³/mol. The monoisotopic (exact) mass is 398 g/mol. The van der Waals surface area contributed by atoms with Crippen LogP contribution in [0.3, 0.4) is 0 Å². The molecule has 9 heteroatoms. The second-order valence-electron chi connectivity index (χ2n) is 4.83. The van der Waals surface area contributed by atoms with Crippen molar-refractivity contribution in [2.45, 2.75) is 6.61 Å². The van der Waals surface area contributed by atoms with Crippen LogP contribution >= 0.6 is 15.9 Å². The highest BCUT2D eigenvalue weighted by Crippen LogP contribution is 2.33. The van der Waals surface area contributed by atoms with Gasteiger partial charge in [0.05, 0.1) is 25.3 Å². The van der Waals surface area contributed by atoms with Gasteiger partial charge in [-0.05, 0) is 12.1 Å². The van der Waals surface area contributed by atoms with Crippen molar-refractivity contribution in [3.8, 4) is 11.5 Å². The van der Waals surface area contributed by atoms with E-state index in [0.717, 1.165) is 0 Å². The standard InChI is InChI=1S/C15H15BrN2O6/c1-17-7-10(18(20)21)5-12(17)15(19)24-8-9-4-13(22-2)14(23-3)6-11(9)16/h4-7H,8H2,1-3H3. The maximum absolute atomic E-state index is 12.1. The van der Waals surface area contributed by atoms with Crippen LogP contribution in [0, 0.1) is 10.1 Å². The quantitative estimate of drug-likeness (QED) is 0.421. The van der Waals surface area contributed by atoms with E-state index >= 15 is 0 Å². The van der Waals surface area contributed by atoms with Crippen molar-refractivity contribution in [2.24, 2.45) is 7.05 Å². The molecule has 0 radical (unpaired) electrons. The summed E-state index contributed by atoms with van der Waals surface area (Å²) in [5.74, 6) is 0.381. The Bertz CT molecular complexity index is 787. The van der Waals surface area contributed by atoms with Gasteiger partial charge in [-0.25, -0.2) is 4.79 Å². The molecule has 0 bridgehead atoms. The molecule has 1 aromatic carbocycles. The van der Waals surface area contributed by atoms with Gasteiger partial charge in [0.1, 0.15) is 12.3 Å². The minimum Gasteiger partial charge on any atom is -0.493 e. The number of aromatic nitrogens is 1. The largest absolute Gasteiger partial charge is 0.493 e. The Morgan fingerprint density at radius 2 is 1.88 bits per heavy atom. The van der Waals surface area contributed by atoms with Gasteiger partial charge in [0.25, 0.3) is 5.69 Å². The number of nitrogens with zero attached hydrogens (tertiary/aromatic N) is 2. The van der Waals surface area contributed by atoms with Gasteiger partial charge in [-0.15, -0.1) is 0 Å². The summed E-state index contributed by atoms with van der Waals surface area (Å²) in [6, 6.07) is 4.56. The van der Waals surface area contributed by atoms with Crippen LogP contribution in [0.4, 0.5) is 5.69 Å². The molecule has 0 spiro atoms. The number of nitro groups is 1. The average Bonchev–Trinajstić information content (AvgIpc) is 2.95. The maximum Gasteiger partial charge on any atom is 0.355 e. The molecule has 8 nitrogen and oxygen atoms in total. The fraction of sp³-hybridized carbons (Fsp3) is 0.267. The van der Waals surface area contributed by atoms with Crippen molar-refractivity contribution in [1.82, 2.24) is 4.57 Å². The Labute approximate surface area is 146 Å². The molecule has 1 aromatic heterocycles. The normalized spacial score (nSPS) is 10.3. The summed E-state index contributed by atoms with van der Waals surface area (Å²) >= 11 is 3.37. The van der Waals surface area contributed by atoms with Crippen LogP contribution in [0.5, 0.6) is 11.5 Å². The number of carbonyl (C=O) groups excluding carboxylic acids is 1. The molecule has 0 aliphatic rings. The molecular weight excluding hydrogens is 384 g/mol. The van der Waals surface area contributed by atoms with E-state index < -0.39 is 10.9 Å². The van der Waals surface area contributed by atoms with Gasteiger partial charge < -0.3 is 18.8 Å². The molecule has 0 fully saturated rings. The van der Waals surface area contributed by atoms with Crippen LogP contribution in [0.15, 0.2) is 28.9 Å². The van der Waals surface area contributed by atoms with E-state index in [1.807, 2.05) is 0 Å². The lowest BCUT2D eigenvalue weighted by Crippen LogP contribution is -2.10. The minimum atomic E-state index is -0.660. The first-order valence-electron chi connectivity index (χ1n) is 6.75. The molecule has 0 unspecified atom stereocenters. The van der Waals surface area contributed by atoms with Gasteiger partial charge in [-0.1, -0.05) is 15.9 Å². The number of aryl methyl sites for hydroxylation is 1. The summed E-state index contributed by atoms with van der Waals surface area (Å²) in [7, 11) is 4.56. The van der Waals surface area contributed by atoms with Crippen molar-refractivity contribution in [3.63, 3.8) is 0 Å². The Hall–Kier alpha value is -2.55. The summed E-state index contributed by atoms with van der Waals surface area (Å²) in [6.07, 6.45) is 1.25. The average molecular weight is 399 g/mol. The molecule has 128 valence electrons. The van der Waals surface area contributed by atoms with Crippen molar-refractivity contribution in [1.29, 1.82) is 0 Å². The maximum atomic E-state index is 12.1. The van der Waals surface area contributed by atoms with Gasteiger partial charge in [-0.2, -0.15) is 0 Å². The first-order valence-corrected chi connectivity index (χ1v) is 7.55. The van der Waals surface area contributed by atoms with Crippen LogP contribution < -0.4 is 9.47 Å². The Morgan fingerprint density at radius 1 is 1.25 bits per heavy atom.